The Bertz CT molecular complexity index is 692. The van der Waals surface area contributed by atoms with Crippen molar-refractivity contribution in [3.05, 3.63) is 46.7 Å². The van der Waals surface area contributed by atoms with E-state index >= 15 is 0 Å². The standard InChI is InChI=1S/C14H15BrN4O/c1-9(16-5-4-14-17-8-18-19-14)13-7-10-6-11(15)2-3-12(10)20-13/h2-3,6-9,16H,4-5H2,1H3,(H,17,18,19). The van der Waals surface area contributed by atoms with Crippen LogP contribution in [0.3, 0.4) is 0 Å². The SMILES string of the molecule is CC(NCCc1ncn[nH]1)c1cc2cc(Br)ccc2o1. The lowest BCUT2D eigenvalue weighted by atomic mass is 10.2. The Labute approximate surface area is 124 Å². The third-order valence-electron chi connectivity index (χ3n) is 3.20. The maximum atomic E-state index is 5.85. The molecule has 2 N–H and O–H groups in total. The van der Waals surface area contributed by atoms with Crippen LogP contribution in [-0.2, 0) is 6.42 Å². The topological polar surface area (TPSA) is 66.7 Å². The van der Waals surface area contributed by atoms with Crippen LogP contribution in [0.2, 0.25) is 0 Å². The number of fused-ring (bicyclic) bond motifs is 1. The minimum atomic E-state index is 0.157. The van der Waals surface area contributed by atoms with E-state index in [-0.39, 0.29) is 6.04 Å². The predicted molar refractivity (Wildman–Crippen MR) is 80.4 cm³/mol. The van der Waals surface area contributed by atoms with Crippen molar-refractivity contribution >= 4 is 26.9 Å². The number of rotatable bonds is 5. The molecule has 0 aliphatic rings. The van der Waals surface area contributed by atoms with Crippen LogP contribution in [0.1, 0.15) is 24.6 Å². The van der Waals surface area contributed by atoms with Gasteiger partial charge in [-0.3, -0.25) is 5.10 Å². The predicted octanol–water partition coefficient (Wildman–Crippen LogP) is 3.21. The second-order valence-electron chi connectivity index (χ2n) is 4.69. The largest absolute Gasteiger partial charge is 0.459 e. The van der Waals surface area contributed by atoms with Gasteiger partial charge in [0.05, 0.1) is 6.04 Å². The summed E-state index contributed by atoms with van der Waals surface area (Å²) in [6.45, 7) is 2.91. The molecule has 0 aliphatic heterocycles. The van der Waals surface area contributed by atoms with Gasteiger partial charge in [0.2, 0.25) is 0 Å². The summed E-state index contributed by atoms with van der Waals surface area (Å²) in [5.41, 5.74) is 0.909. The Morgan fingerprint density at radius 3 is 3.10 bits per heavy atom. The molecule has 0 spiro atoms. The van der Waals surface area contributed by atoms with E-state index in [9.17, 15) is 0 Å². The smallest absolute Gasteiger partial charge is 0.137 e. The first-order chi connectivity index (χ1) is 9.72. The van der Waals surface area contributed by atoms with E-state index in [0.29, 0.717) is 0 Å². The molecular formula is C14H15BrN4O. The van der Waals surface area contributed by atoms with Crippen molar-refractivity contribution in [1.82, 2.24) is 20.5 Å². The monoisotopic (exact) mass is 334 g/mol. The molecule has 0 radical (unpaired) electrons. The molecule has 0 saturated heterocycles. The van der Waals surface area contributed by atoms with Gasteiger partial charge in [0.1, 0.15) is 23.5 Å². The van der Waals surface area contributed by atoms with E-state index in [0.717, 1.165) is 40.0 Å². The summed E-state index contributed by atoms with van der Waals surface area (Å²) in [4.78, 5) is 4.09. The van der Waals surface area contributed by atoms with Crippen molar-refractivity contribution < 1.29 is 4.42 Å². The number of benzene rings is 1. The first kappa shape index (κ1) is 13.3. The lowest BCUT2D eigenvalue weighted by Crippen LogP contribution is -2.21. The second-order valence-corrected chi connectivity index (χ2v) is 5.60. The van der Waals surface area contributed by atoms with Crippen LogP contribution in [0, 0.1) is 0 Å². The molecule has 3 rings (SSSR count). The molecule has 1 aromatic carbocycles. The van der Waals surface area contributed by atoms with Gasteiger partial charge in [0, 0.05) is 22.8 Å². The van der Waals surface area contributed by atoms with Gasteiger partial charge in [0.15, 0.2) is 0 Å². The Kier molecular flexibility index (Phi) is 3.84. The molecule has 0 bridgehead atoms. The summed E-state index contributed by atoms with van der Waals surface area (Å²) >= 11 is 3.47. The molecule has 0 aliphatic carbocycles. The average molecular weight is 335 g/mol. The van der Waals surface area contributed by atoms with Crippen LogP contribution in [-0.4, -0.2) is 21.7 Å². The molecule has 6 heteroatoms. The average Bonchev–Trinajstić information content (AvgIpc) is 3.06. The first-order valence-corrected chi connectivity index (χ1v) is 7.28. The van der Waals surface area contributed by atoms with Crippen molar-refractivity contribution in [3.8, 4) is 0 Å². The quantitative estimate of drug-likeness (QED) is 0.751. The summed E-state index contributed by atoms with van der Waals surface area (Å²) in [5, 5.41) is 11.2. The molecule has 3 aromatic rings. The fourth-order valence-corrected chi connectivity index (χ4v) is 2.49. The molecule has 0 fully saturated rings. The van der Waals surface area contributed by atoms with Crippen LogP contribution in [0.4, 0.5) is 0 Å². The number of furan rings is 1. The van der Waals surface area contributed by atoms with E-state index in [1.54, 1.807) is 0 Å². The summed E-state index contributed by atoms with van der Waals surface area (Å²) in [6.07, 6.45) is 2.34. The number of H-pyrrole nitrogens is 1. The highest BCUT2D eigenvalue weighted by Gasteiger charge is 2.11. The van der Waals surface area contributed by atoms with E-state index in [4.69, 9.17) is 4.42 Å². The van der Waals surface area contributed by atoms with Crippen LogP contribution < -0.4 is 5.32 Å². The molecular weight excluding hydrogens is 320 g/mol. The molecule has 1 unspecified atom stereocenters. The van der Waals surface area contributed by atoms with Crippen LogP contribution in [0.5, 0.6) is 0 Å². The van der Waals surface area contributed by atoms with Crippen LogP contribution >= 0.6 is 15.9 Å². The summed E-state index contributed by atoms with van der Waals surface area (Å²) in [6, 6.07) is 8.25. The number of halogens is 1. The highest BCUT2D eigenvalue weighted by Crippen LogP contribution is 2.26. The van der Waals surface area contributed by atoms with Gasteiger partial charge < -0.3 is 9.73 Å². The van der Waals surface area contributed by atoms with Crippen molar-refractivity contribution in [1.29, 1.82) is 0 Å². The number of hydrogen-bond donors (Lipinski definition) is 2. The van der Waals surface area contributed by atoms with Gasteiger partial charge in [-0.25, -0.2) is 4.98 Å². The van der Waals surface area contributed by atoms with E-state index in [2.05, 4.69) is 55.5 Å². The van der Waals surface area contributed by atoms with Crippen molar-refractivity contribution in [3.63, 3.8) is 0 Å². The van der Waals surface area contributed by atoms with Gasteiger partial charge in [-0.1, -0.05) is 15.9 Å². The molecule has 2 heterocycles. The molecule has 0 amide bonds. The minimum absolute atomic E-state index is 0.157. The van der Waals surface area contributed by atoms with E-state index in [1.165, 1.54) is 6.33 Å². The molecule has 104 valence electrons. The van der Waals surface area contributed by atoms with Crippen molar-refractivity contribution in [2.45, 2.75) is 19.4 Å². The number of nitrogens with one attached hydrogen (secondary N) is 2. The highest BCUT2D eigenvalue weighted by molar-refractivity contribution is 9.10. The Morgan fingerprint density at radius 1 is 1.40 bits per heavy atom. The highest BCUT2D eigenvalue weighted by atomic mass is 79.9. The fourth-order valence-electron chi connectivity index (χ4n) is 2.11. The van der Waals surface area contributed by atoms with Gasteiger partial charge in [-0.15, -0.1) is 0 Å². The summed E-state index contributed by atoms with van der Waals surface area (Å²) in [7, 11) is 0. The third kappa shape index (κ3) is 2.91. The molecule has 20 heavy (non-hydrogen) atoms. The molecule has 0 saturated carbocycles. The number of aromatic nitrogens is 3. The lowest BCUT2D eigenvalue weighted by Gasteiger charge is -2.09. The normalized spacial score (nSPS) is 12.9. The second kappa shape index (κ2) is 5.76. The zero-order valence-electron chi connectivity index (χ0n) is 11.1. The molecule has 2 aromatic heterocycles. The van der Waals surface area contributed by atoms with Crippen LogP contribution in [0.15, 0.2) is 39.5 Å². The number of nitrogens with zero attached hydrogens (tertiary/aromatic N) is 2. The van der Waals surface area contributed by atoms with Crippen LogP contribution in [0.25, 0.3) is 11.0 Å². The van der Waals surface area contributed by atoms with E-state index in [1.807, 2.05) is 12.1 Å². The minimum Gasteiger partial charge on any atom is -0.459 e. The van der Waals surface area contributed by atoms with Crippen molar-refractivity contribution in [2.75, 3.05) is 6.54 Å². The molecule has 1 atom stereocenters. The lowest BCUT2D eigenvalue weighted by molar-refractivity contribution is 0.452. The third-order valence-corrected chi connectivity index (χ3v) is 3.69. The Hall–Kier alpha value is -1.66. The number of hydrogen-bond acceptors (Lipinski definition) is 4. The molecule has 5 nitrogen and oxygen atoms in total. The Balaban J connectivity index is 1.64. The summed E-state index contributed by atoms with van der Waals surface area (Å²) < 4.78 is 6.91. The van der Waals surface area contributed by atoms with Gasteiger partial charge in [-0.05, 0) is 31.2 Å². The first-order valence-electron chi connectivity index (χ1n) is 6.49. The van der Waals surface area contributed by atoms with Gasteiger partial charge in [-0.2, -0.15) is 5.10 Å². The fraction of sp³-hybridized carbons (Fsp3) is 0.286. The van der Waals surface area contributed by atoms with Gasteiger partial charge in [0.25, 0.3) is 0 Å². The zero-order chi connectivity index (χ0) is 13.9. The van der Waals surface area contributed by atoms with E-state index < -0.39 is 0 Å². The maximum Gasteiger partial charge on any atom is 0.137 e. The van der Waals surface area contributed by atoms with Gasteiger partial charge >= 0.3 is 0 Å². The zero-order valence-corrected chi connectivity index (χ0v) is 12.6. The maximum absolute atomic E-state index is 5.85. The Morgan fingerprint density at radius 2 is 2.30 bits per heavy atom. The van der Waals surface area contributed by atoms with Crippen molar-refractivity contribution in [2.24, 2.45) is 0 Å². The summed E-state index contributed by atoms with van der Waals surface area (Å²) in [5.74, 6) is 1.83. The number of aromatic amines is 1.